The van der Waals surface area contributed by atoms with Gasteiger partial charge in [-0.25, -0.2) is 0 Å². The van der Waals surface area contributed by atoms with Crippen LogP contribution in [0.5, 0.6) is 0 Å². The molecule has 0 aliphatic heterocycles. The van der Waals surface area contributed by atoms with Gasteiger partial charge in [0.2, 0.25) is 0 Å². The van der Waals surface area contributed by atoms with Crippen LogP contribution in [-0.2, 0) is 0 Å². The molecule has 0 aromatic heterocycles. The average molecular weight is 177 g/mol. The molecule has 2 N–H and O–H groups in total. The van der Waals surface area contributed by atoms with Crippen LogP contribution in [0.2, 0.25) is 0 Å². The number of hydrogen-bond donors (Lipinski definition) is 2. The first-order valence-electron chi connectivity index (χ1n) is 3.92. The first-order valence-corrected chi connectivity index (χ1v) is 3.92. The summed E-state index contributed by atoms with van der Waals surface area (Å²) in [6.45, 7) is 1.61. The molecule has 3 heteroatoms. The molecule has 1 rings (SSSR count). The lowest BCUT2D eigenvalue weighted by molar-refractivity contribution is 0.104. The third kappa shape index (κ3) is 2.72. The van der Waals surface area contributed by atoms with Crippen LogP contribution in [0.3, 0.4) is 0 Å². The lowest BCUT2D eigenvalue weighted by atomic mass is 10.1. The van der Waals surface area contributed by atoms with Gasteiger partial charge in [0.15, 0.2) is 5.78 Å². The summed E-state index contributed by atoms with van der Waals surface area (Å²) >= 11 is 0. The summed E-state index contributed by atoms with van der Waals surface area (Å²) in [6, 6.07) is 8.89. The van der Waals surface area contributed by atoms with Crippen molar-refractivity contribution in [3.05, 3.63) is 47.7 Å². The molecule has 0 saturated heterocycles. The molecule has 0 fully saturated rings. The maximum atomic E-state index is 11.4. The quantitative estimate of drug-likeness (QED) is 0.420. The normalized spacial score (nSPS) is 11.1. The van der Waals surface area contributed by atoms with E-state index in [1.165, 1.54) is 6.08 Å². The minimum atomic E-state index is -0.125. The molecule has 0 radical (unpaired) electrons. The van der Waals surface area contributed by atoms with Crippen LogP contribution in [0.4, 0.5) is 0 Å². The van der Waals surface area contributed by atoms with E-state index >= 15 is 0 Å². The van der Waals surface area contributed by atoms with Gasteiger partial charge < -0.3 is 0 Å². The van der Waals surface area contributed by atoms with Gasteiger partial charge in [0.05, 0.1) is 0 Å². The zero-order valence-corrected chi connectivity index (χ0v) is 7.32. The molecule has 68 valence electrons. The number of hydroxylamine groups is 1. The van der Waals surface area contributed by atoms with Crippen molar-refractivity contribution in [2.45, 2.75) is 6.92 Å². The molecule has 0 atom stereocenters. The Morgan fingerprint density at radius 1 is 1.38 bits per heavy atom. The molecule has 0 saturated carbocycles. The number of carbonyl (C=O) groups is 1. The van der Waals surface area contributed by atoms with Crippen molar-refractivity contribution in [2.75, 3.05) is 0 Å². The monoisotopic (exact) mass is 177 g/mol. The van der Waals surface area contributed by atoms with E-state index in [1.807, 2.05) is 11.5 Å². The molecule has 3 nitrogen and oxygen atoms in total. The maximum absolute atomic E-state index is 11.4. The third-order valence-electron chi connectivity index (χ3n) is 1.58. The van der Waals surface area contributed by atoms with E-state index in [0.717, 1.165) is 0 Å². The van der Waals surface area contributed by atoms with Crippen molar-refractivity contribution in [2.24, 2.45) is 0 Å². The predicted molar refractivity (Wildman–Crippen MR) is 49.5 cm³/mol. The summed E-state index contributed by atoms with van der Waals surface area (Å²) in [5.41, 5.74) is 2.94. The number of carbonyl (C=O) groups excluding carboxylic acids is 1. The van der Waals surface area contributed by atoms with E-state index in [-0.39, 0.29) is 5.78 Å². The Kier molecular flexibility index (Phi) is 3.23. The fourth-order valence-electron chi connectivity index (χ4n) is 0.915. The molecule has 0 spiro atoms. The van der Waals surface area contributed by atoms with Crippen molar-refractivity contribution >= 4 is 5.78 Å². The van der Waals surface area contributed by atoms with E-state index in [1.54, 1.807) is 31.2 Å². The van der Waals surface area contributed by atoms with E-state index in [9.17, 15) is 4.79 Å². The molecular weight excluding hydrogens is 166 g/mol. The Bertz CT molecular complexity index is 317. The highest BCUT2D eigenvalue weighted by Crippen LogP contribution is 2.01. The van der Waals surface area contributed by atoms with Gasteiger partial charge in [-0.1, -0.05) is 30.3 Å². The summed E-state index contributed by atoms with van der Waals surface area (Å²) in [5.74, 6) is -0.125. The fourth-order valence-corrected chi connectivity index (χ4v) is 0.915. The highest BCUT2D eigenvalue weighted by Gasteiger charge is 2.00. The van der Waals surface area contributed by atoms with Crippen LogP contribution < -0.4 is 5.48 Å². The maximum Gasteiger partial charge on any atom is 0.187 e. The second-order valence-corrected chi connectivity index (χ2v) is 2.67. The number of hydrogen-bond acceptors (Lipinski definition) is 3. The number of allylic oxidation sites excluding steroid dienone is 2. The first kappa shape index (κ1) is 9.48. The number of ketones is 1. The van der Waals surface area contributed by atoms with Gasteiger partial charge in [0.25, 0.3) is 0 Å². The minimum Gasteiger partial charge on any atom is -0.291 e. The van der Waals surface area contributed by atoms with Gasteiger partial charge in [-0.2, -0.15) is 0 Å². The Hall–Kier alpha value is -1.61. The van der Waals surface area contributed by atoms with Crippen molar-refractivity contribution < 1.29 is 10.0 Å². The van der Waals surface area contributed by atoms with Crippen molar-refractivity contribution in [3.8, 4) is 0 Å². The van der Waals surface area contributed by atoms with Gasteiger partial charge >= 0.3 is 0 Å². The van der Waals surface area contributed by atoms with Crippen LogP contribution >= 0.6 is 0 Å². The predicted octanol–water partition coefficient (Wildman–Crippen LogP) is 1.75. The summed E-state index contributed by atoms with van der Waals surface area (Å²) in [4.78, 5) is 11.4. The fraction of sp³-hybridized carbons (Fsp3) is 0.100. The smallest absolute Gasteiger partial charge is 0.187 e. The van der Waals surface area contributed by atoms with Crippen molar-refractivity contribution in [1.29, 1.82) is 0 Å². The first-order chi connectivity index (χ1) is 6.24. The Morgan fingerprint density at radius 3 is 2.54 bits per heavy atom. The number of nitrogens with one attached hydrogen (secondary N) is 1. The Morgan fingerprint density at radius 2 is 2.00 bits per heavy atom. The number of benzene rings is 1. The largest absolute Gasteiger partial charge is 0.291 e. The second-order valence-electron chi connectivity index (χ2n) is 2.67. The lowest BCUT2D eigenvalue weighted by Gasteiger charge is -1.97. The molecular formula is C10H11NO2. The second kappa shape index (κ2) is 4.42. The third-order valence-corrected chi connectivity index (χ3v) is 1.58. The molecule has 1 aromatic rings. The zero-order chi connectivity index (χ0) is 9.68. The summed E-state index contributed by atoms with van der Waals surface area (Å²) in [6.07, 6.45) is 1.34. The van der Waals surface area contributed by atoms with Crippen LogP contribution in [-0.4, -0.2) is 11.0 Å². The molecule has 0 bridgehead atoms. The molecule has 0 aliphatic rings. The lowest BCUT2D eigenvalue weighted by Crippen LogP contribution is -2.06. The summed E-state index contributed by atoms with van der Waals surface area (Å²) in [7, 11) is 0. The average Bonchev–Trinajstić information content (AvgIpc) is 2.19. The highest BCUT2D eigenvalue weighted by molar-refractivity contribution is 6.04. The van der Waals surface area contributed by atoms with Gasteiger partial charge in [-0.05, 0) is 6.92 Å². The summed E-state index contributed by atoms with van der Waals surface area (Å²) in [5, 5.41) is 8.46. The number of rotatable bonds is 3. The van der Waals surface area contributed by atoms with Gasteiger partial charge in [0, 0.05) is 17.3 Å². The van der Waals surface area contributed by atoms with E-state index in [4.69, 9.17) is 5.21 Å². The van der Waals surface area contributed by atoms with E-state index in [2.05, 4.69) is 0 Å². The standard InChI is InChI=1S/C10H11NO2/c1-8(11-13)7-10(12)9-5-3-2-4-6-9/h2-7,11,13H,1H3. The molecule has 0 unspecified atom stereocenters. The van der Waals surface area contributed by atoms with Crippen LogP contribution in [0.15, 0.2) is 42.1 Å². The van der Waals surface area contributed by atoms with Gasteiger partial charge in [-0.3, -0.25) is 15.5 Å². The van der Waals surface area contributed by atoms with Crippen LogP contribution in [0.25, 0.3) is 0 Å². The SMILES string of the molecule is CC(=CC(=O)c1ccccc1)NO. The minimum absolute atomic E-state index is 0.125. The molecule has 1 aromatic carbocycles. The molecule has 0 aliphatic carbocycles. The molecule has 0 heterocycles. The topological polar surface area (TPSA) is 49.3 Å². The van der Waals surface area contributed by atoms with Gasteiger partial charge in [-0.15, -0.1) is 0 Å². The van der Waals surface area contributed by atoms with Crippen LogP contribution in [0, 0.1) is 0 Å². The van der Waals surface area contributed by atoms with Crippen LogP contribution in [0.1, 0.15) is 17.3 Å². The summed E-state index contributed by atoms with van der Waals surface area (Å²) < 4.78 is 0. The molecule has 13 heavy (non-hydrogen) atoms. The Labute approximate surface area is 76.7 Å². The van der Waals surface area contributed by atoms with E-state index < -0.39 is 0 Å². The van der Waals surface area contributed by atoms with E-state index in [0.29, 0.717) is 11.3 Å². The van der Waals surface area contributed by atoms with Crippen molar-refractivity contribution in [3.63, 3.8) is 0 Å². The van der Waals surface area contributed by atoms with Gasteiger partial charge in [0.1, 0.15) is 0 Å². The highest BCUT2D eigenvalue weighted by atomic mass is 16.5. The van der Waals surface area contributed by atoms with Crippen molar-refractivity contribution in [1.82, 2.24) is 5.48 Å². The zero-order valence-electron chi connectivity index (χ0n) is 7.32. The molecule has 0 amide bonds. The Balaban J connectivity index is 2.81.